The molecule has 160 valence electrons. The number of hydrogen-bond acceptors (Lipinski definition) is 7. The summed E-state index contributed by atoms with van der Waals surface area (Å²) in [5.41, 5.74) is 1.39. The highest BCUT2D eigenvalue weighted by Gasteiger charge is 2.16. The van der Waals surface area contributed by atoms with Gasteiger partial charge in [0.05, 0.1) is 16.8 Å². The van der Waals surface area contributed by atoms with Crippen LogP contribution in [0.2, 0.25) is 0 Å². The zero-order valence-electron chi connectivity index (χ0n) is 17.4. The summed E-state index contributed by atoms with van der Waals surface area (Å²) in [5, 5.41) is 4.32. The molecule has 3 aromatic rings. The maximum Gasteiger partial charge on any atom is 0.161 e. The standard InChI is InChI=1S/C22H27FN4O2S/c1-14(2)29-18-12-16(23)6-7-17(18)26-21-20-22(25-13-24-21)30-19(27-20)5-3-4-15-8-10-28-11-9-15/h6-7,12-15H,3-5,8-11H2,1-2H3,(H,24,25,26). The maximum absolute atomic E-state index is 13.7. The lowest BCUT2D eigenvalue weighted by atomic mass is 9.94. The van der Waals surface area contributed by atoms with Crippen molar-refractivity contribution >= 4 is 33.2 Å². The fourth-order valence-corrected chi connectivity index (χ4v) is 4.60. The molecule has 0 amide bonds. The Morgan fingerprint density at radius 1 is 1.27 bits per heavy atom. The largest absolute Gasteiger partial charge is 0.489 e. The number of thiazole rings is 1. The molecule has 2 aromatic heterocycles. The van der Waals surface area contributed by atoms with E-state index in [9.17, 15) is 4.39 Å². The molecule has 3 heterocycles. The van der Waals surface area contributed by atoms with E-state index in [0.29, 0.717) is 17.3 Å². The second-order valence-electron chi connectivity index (χ2n) is 7.86. The van der Waals surface area contributed by atoms with Crippen LogP contribution in [0.4, 0.5) is 15.9 Å². The molecule has 8 heteroatoms. The Morgan fingerprint density at radius 2 is 2.10 bits per heavy atom. The van der Waals surface area contributed by atoms with Gasteiger partial charge in [-0.25, -0.2) is 19.3 Å². The summed E-state index contributed by atoms with van der Waals surface area (Å²) in [5.74, 6) is 1.48. The van der Waals surface area contributed by atoms with Gasteiger partial charge in [-0.1, -0.05) is 11.3 Å². The Hall–Kier alpha value is -2.32. The van der Waals surface area contributed by atoms with Gasteiger partial charge in [-0.15, -0.1) is 0 Å². The number of fused-ring (bicyclic) bond motifs is 1. The van der Waals surface area contributed by atoms with Crippen LogP contribution in [0, 0.1) is 11.7 Å². The lowest BCUT2D eigenvalue weighted by molar-refractivity contribution is 0.0633. The van der Waals surface area contributed by atoms with Gasteiger partial charge in [0.1, 0.15) is 28.2 Å². The number of nitrogens with one attached hydrogen (secondary N) is 1. The molecule has 0 aliphatic carbocycles. The van der Waals surface area contributed by atoms with E-state index in [4.69, 9.17) is 14.5 Å². The predicted molar refractivity (Wildman–Crippen MR) is 117 cm³/mol. The quantitative estimate of drug-likeness (QED) is 0.508. The SMILES string of the molecule is CC(C)Oc1cc(F)ccc1Nc1ncnc2sc(CCCC3CCOCC3)nc12. The summed E-state index contributed by atoms with van der Waals surface area (Å²) in [4.78, 5) is 14.4. The van der Waals surface area contributed by atoms with Gasteiger partial charge in [-0.3, -0.25) is 0 Å². The summed E-state index contributed by atoms with van der Waals surface area (Å²) in [7, 11) is 0. The smallest absolute Gasteiger partial charge is 0.161 e. The Balaban J connectivity index is 1.48. The Bertz CT molecular complexity index is 988. The van der Waals surface area contributed by atoms with Crippen LogP contribution in [0.25, 0.3) is 10.3 Å². The Morgan fingerprint density at radius 3 is 2.90 bits per heavy atom. The Labute approximate surface area is 179 Å². The predicted octanol–water partition coefficient (Wildman–Crippen LogP) is 5.51. The molecule has 1 fully saturated rings. The average Bonchev–Trinajstić information content (AvgIpc) is 3.14. The molecule has 1 saturated heterocycles. The third-order valence-corrected chi connectivity index (χ3v) is 6.17. The fraction of sp³-hybridized carbons (Fsp3) is 0.500. The number of aryl methyl sites for hydroxylation is 1. The van der Waals surface area contributed by atoms with Crippen LogP contribution < -0.4 is 10.1 Å². The van der Waals surface area contributed by atoms with Gasteiger partial charge < -0.3 is 14.8 Å². The third-order valence-electron chi connectivity index (χ3n) is 5.14. The summed E-state index contributed by atoms with van der Waals surface area (Å²) < 4.78 is 24.9. The second kappa shape index (κ2) is 9.66. The minimum absolute atomic E-state index is 0.0700. The minimum Gasteiger partial charge on any atom is -0.489 e. The van der Waals surface area contributed by atoms with Crippen LogP contribution in [0.5, 0.6) is 5.75 Å². The zero-order chi connectivity index (χ0) is 20.9. The molecule has 0 atom stereocenters. The van der Waals surface area contributed by atoms with Crippen LogP contribution in [0.3, 0.4) is 0 Å². The molecule has 1 aliphatic rings. The number of hydrogen-bond donors (Lipinski definition) is 1. The highest BCUT2D eigenvalue weighted by Crippen LogP contribution is 2.33. The summed E-state index contributed by atoms with van der Waals surface area (Å²) >= 11 is 1.61. The summed E-state index contributed by atoms with van der Waals surface area (Å²) in [6.07, 6.45) is 7.05. The molecule has 1 aliphatic heterocycles. The normalized spacial score (nSPS) is 15.1. The van der Waals surface area contributed by atoms with Crippen molar-refractivity contribution in [2.45, 2.75) is 52.1 Å². The molecule has 0 bridgehead atoms. The summed E-state index contributed by atoms with van der Waals surface area (Å²) in [6.45, 7) is 5.60. The van der Waals surface area contributed by atoms with Crippen molar-refractivity contribution in [3.8, 4) is 5.75 Å². The van der Waals surface area contributed by atoms with Crippen LogP contribution in [-0.2, 0) is 11.2 Å². The maximum atomic E-state index is 13.7. The van der Waals surface area contributed by atoms with Gasteiger partial charge in [0.25, 0.3) is 0 Å². The van der Waals surface area contributed by atoms with Gasteiger partial charge in [-0.2, -0.15) is 0 Å². The first-order valence-electron chi connectivity index (χ1n) is 10.5. The third kappa shape index (κ3) is 5.23. The van der Waals surface area contributed by atoms with Crippen molar-refractivity contribution in [1.82, 2.24) is 15.0 Å². The number of halogens is 1. The number of rotatable bonds is 8. The molecule has 30 heavy (non-hydrogen) atoms. The fourth-order valence-electron chi connectivity index (χ4n) is 3.65. The average molecular weight is 431 g/mol. The van der Waals surface area contributed by atoms with Crippen molar-refractivity contribution in [1.29, 1.82) is 0 Å². The molecule has 0 radical (unpaired) electrons. The first-order valence-corrected chi connectivity index (χ1v) is 11.3. The molecule has 0 spiro atoms. The van der Waals surface area contributed by atoms with E-state index in [0.717, 1.165) is 60.2 Å². The first kappa shape index (κ1) is 20.9. The van der Waals surface area contributed by atoms with E-state index >= 15 is 0 Å². The highest BCUT2D eigenvalue weighted by atomic mass is 32.1. The first-order chi connectivity index (χ1) is 14.6. The van der Waals surface area contributed by atoms with Gasteiger partial charge in [0, 0.05) is 19.3 Å². The van der Waals surface area contributed by atoms with Gasteiger partial charge in [0.2, 0.25) is 0 Å². The van der Waals surface area contributed by atoms with Crippen molar-refractivity contribution in [3.05, 3.63) is 35.4 Å². The van der Waals surface area contributed by atoms with Crippen LogP contribution >= 0.6 is 11.3 Å². The summed E-state index contributed by atoms with van der Waals surface area (Å²) in [6, 6.07) is 4.43. The van der Waals surface area contributed by atoms with Crippen LogP contribution in [-0.4, -0.2) is 34.3 Å². The number of aromatic nitrogens is 3. The molecule has 4 rings (SSSR count). The van der Waals surface area contributed by atoms with Crippen molar-refractivity contribution in [3.63, 3.8) is 0 Å². The van der Waals surface area contributed by atoms with Crippen molar-refractivity contribution in [2.75, 3.05) is 18.5 Å². The number of nitrogens with zero attached hydrogens (tertiary/aromatic N) is 3. The lowest BCUT2D eigenvalue weighted by Crippen LogP contribution is -2.15. The molecular formula is C22H27FN4O2S. The van der Waals surface area contributed by atoms with Gasteiger partial charge in [-0.05, 0) is 64.0 Å². The highest BCUT2D eigenvalue weighted by molar-refractivity contribution is 7.18. The Kier molecular flexibility index (Phi) is 6.74. The van der Waals surface area contributed by atoms with E-state index in [1.165, 1.54) is 24.9 Å². The topological polar surface area (TPSA) is 69.2 Å². The molecule has 1 aromatic carbocycles. The zero-order valence-corrected chi connectivity index (χ0v) is 18.2. The van der Waals surface area contributed by atoms with Gasteiger partial charge >= 0.3 is 0 Å². The van der Waals surface area contributed by atoms with Crippen LogP contribution in [0.1, 0.15) is 44.5 Å². The second-order valence-corrected chi connectivity index (χ2v) is 8.93. The number of anilines is 2. The molecule has 0 unspecified atom stereocenters. The van der Waals surface area contributed by atoms with Crippen molar-refractivity contribution < 1.29 is 13.9 Å². The molecule has 1 N–H and O–H groups in total. The van der Waals surface area contributed by atoms with E-state index in [-0.39, 0.29) is 11.9 Å². The monoisotopic (exact) mass is 430 g/mol. The van der Waals surface area contributed by atoms with E-state index < -0.39 is 0 Å². The number of benzene rings is 1. The molecule has 0 saturated carbocycles. The number of ether oxygens (including phenoxy) is 2. The van der Waals surface area contributed by atoms with E-state index in [1.54, 1.807) is 17.4 Å². The van der Waals surface area contributed by atoms with E-state index in [2.05, 4.69) is 15.3 Å². The lowest BCUT2D eigenvalue weighted by Gasteiger charge is -2.21. The molecule has 6 nitrogen and oxygen atoms in total. The molecular weight excluding hydrogens is 403 g/mol. The van der Waals surface area contributed by atoms with Gasteiger partial charge in [0.15, 0.2) is 5.82 Å². The van der Waals surface area contributed by atoms with Crippen LogP contribution in [0.15, 0.2) is 24.5 Å². The minimum atomic E-state index is -0.343. The van der Waals surface area contributed by atoms with Crippen molar-refractivity contribution in [2.24, 2.45) is 5.92 Å². The van der Waals surface area contributed by atoms with E-state index in [1.807, 2.05) is 13.8 Å².